The third-order valence-electron chi connectivity index (χ3n) is 4.09. The van der Waals surface area contributed by atoms with Crippen molar-refractivity contribution in [1.82, 2.24) is 15.6 Å². The van der Waals surface area contributed by atoms with Crippen LogP contribution in [0, 0.1) is 0 Å². The summed E-state index contributed by atoms with van der Waals surface area (Å²) in [5, 5.41) is 16.0. The number of carbonyl (C=O) groups excluding carboxylic acids is 1. The molecule has 1 aromatic carbocycles. The van der Waals surface area contributed by atoms with E-state index in [0.29, 0.717) is 13.0 Å². The predicted octanol–water partition coefficient (Wildman–Crippen LogP) is 2.48. The minimum Gasteiger partial charge on any atom is -0.480 e. The fraction of sp³-hybridized carbons (Fsp3) is 0.444. The molecular formula is C18H26ClN3O3. The first-order valence-corrected chi connectivity index (χ1v) is 8.34. The second-order valence-electron chi connectivity index (χ2n) is 5.97. The third-order valence-corrected chi connectivity index (χ3v) is 4.09. The van der Waals surface area contributed by atoms with Gasteiger partial charge in [-0.05, 0) is 31.4 Å². The lowest BCUT2D eigenvalue weighted by Gasteiger charge is -2.19. The van der Waals surface area contributed by atoms with Crippen LogP contribution in [0.4, 0.5) is 0 Å². The Morgan fingerprint density at radius 1 is 1.28 bits per heavy atom. The molecule has 1 amide bonds. The van der Waals surface area contributed by atoms with Crippen LogP contribution in [-0.4, -0.2) is 40.6 Å². The van der Waals surface area contributed by atoms with Crippen LogP contribution in [0.5, 0.6) is 0 Å². The summed E-state index contributed by atoms with van der Waals surface area (Å²) in [6.07, 6.45) is 3.93. The average Bonchev–Trinajstić information content (AvgIpc) is 2.97. The second kappa shape index (κ2) is 10.1. The van der Waals surface area contributed by atoms with Crippen molar-refractivity contribution < 1.29 is 14.7 Å². The van der Waals surface area contributed by atoms with Crippen LogP contribution in [0.15, 0.2) is 30.5 Å². The Hall–Kier alpha value is -2.05. The minimum atomic E-state index is -0.921. The molecule has 1 heterocycles. The molecule has 0 saturated heterocycles. The number of para-hydroxylation sites is 1. The highest BCUT2D eigenvalue weighted by molar-refractivity contribution is 5.85. The van der Waals surface area contributed by atoms with Crippen molar-refractivity contribution in [2.75, 3.05) is 6.54 Å². The molecule has 2 unspecified atom stereocenters. The van der Waals surface area contributed by atoms with Gasteiger partial charge in [0, 0.05) is 23.6 Å². The number of H-pyrrole nitrogens is 1. The number of aromatic amines is 1. The van der Waals surface area contributed by atoms with E-state index in [4.69, 9.17) is 5.11 Å². The number of carboxylic acids is 1. The molecule has 138 valence electrons. The Bertz CT molecular complexity index is 702. The van der Waals surface area contributed by atoms with Gasteiger partial charge in [-0.25, -0.2) is 0 Å². The summed E-state index contributed by atoms with van der Waals surface area (Å²) in [6.45, 7) is 4.12. The molecule has 25 heavy (non-hydrogen) atoms. The summed E-state index contributed by atoms with van der Waals surface area (Å²) in [7, 11) is 0. The van der Waals surface area contributed by atoms with Crippen molar-refractivity contribution in [3.05, 3.63) is 36.0 Å². The van der Waals surface area contributed by atoms with E-state index in [9.17, 15) is 9.59 Å². The van der Waals surface area contributed by atoms with Crippen LogP contribution in [0.3, 0.4) is 0 Å². The smallest absolute Gasteiger partial charge is 0.320 e. The molecule has 4 N–H and O–H groups in total. The molecule has 0 saturated carbocycles. The van der Waals surface area contributed by atoms with E-state index in [2.05, 4.69) is 21.7 Å². The first-order valence-electron chi connectivity index (χ1n) is 8.34. The fourth-order valence-electron chi connectivity index (χ4n) is 2.76. The normalized spacial score (nSPS) is 13.0. The van der Waals surface area contributed by atoms with Gasteiger partial charge in [0.1, 0.15) is 6.04 Å². The highest BCUT2D eigenvalue weighted by Gasteiger charge is 2.22. The van der Waals surface area contributed by atoms with Crippen molar-refractivity contribution in [2.24, 2.45) is 0 Å². The number of carbonyl (C=O) groups is 2. The first-order chi connectivity index (χ1) is 11.5. The van der Waals surface area contributed by atoms with Crippen molar-refractivity contribution >= 4 is 35.2 Å². The molecule has 0 fully saturated rings. The predicted molar refractivity (Wildman–Crippen MR) is 101 cm³/mol. The number of aliphatic carboxylic acids is 1. The topological polar surface area (TPSA) is 94.2 Å². The van der Waals surface area contributed by atoms with E-state index in [0.717, 1.165) is 29.3 Å². The molecule has 2 rings (SSSR count). The Morgan fingerprint density at radius 3 is 2.68 bits per heavy atom. The summed E-state index contributed by atoms with van der Waals surface area (Å²) < 4.78 is 0. The van der Waals surface area contributed by atoms with Gasteiger partial charge in [0.2, 0.25) is 5.91 Å². The number of carboxylic acid groups (broad SMARTS) is 1. The molecule has 0 radical (unpaired) electrons. The molecule has 0 bridgehead atoms. The van der Waals surface area contributed by atoms with Crippen molar-refractivity contribution in [3.63, 3.8) is 0 Å². The van der Waals surface area contributed by atoms with Crippen LogP contribution in [0.25, 0.3) is 10.9 Å². The van der Waals surface area contributed by atoms with Crippen LogP contribution < -0.4 is 10.6 Å². The number of benzene rings is 1. The van der Waals surface area contributed by atoms with Crippen LogP contribution in [-0.2, 0) is 16.0 Å². The molecule has 2 atom stereocenters. The van der Waals surface area contributed by atoms with E-state index >= 15 is 0 Å². The fourth-order valence-corrected chi connectivity index (χ4v) is 2.76. The molecule has 0 spiro atoms. The van der Waals surface area contributed by atoms with E-state index in [1.54, 1.807) is 6.92 Å². The second-order valence-corrected chi connectivity index (χ2v) is 5.97. The lowest BCUT2D eigenvalue weighted by molar-refractivity contribution is -0.140. The zero-order valence-corrected chi connectivity index (χ0v) is 15.4. The standard InChI is InChI=1S/C18H25N3O3.ClH/c1-3-6-16(18(23)24)21-12(2)17(22)19-10-9-13-11-20-15-8-5-4-7-14(13)15;/h4-5,7-8,11-12,16,20-21H,3,6,9-10H2,1-2H3,(H,19,22)(H,23,24);1H. The minimum absolute atomic E-state index is 0. The van der Waals surface area contributed by atoms with Crippen LogP contribution in [0.1, 0.15) is 32.3 Å². The SMILES string of the molecule is CCCC(NC(C)C(=O)NCCc1c[nH]c2ccccc12)C(=O)O.Cl. The number of halogens is 1. The maximum Gasteiger partial charge on any atom is 0.320 e. The van der Waals surface area contributed by atoms with Gasteiger partial charge in [-0.1, -0.05) is 31.5 Å². The number of hydrogen-bond acceptors (Lipinski definition) is 3. The average molecular weight is 368 g/mol. The van der Waals surface area contributed by atoms with Gasteiger partial charge >= 0.3 is 5.97 Å². The van der Waals surface area contributed by atoms with E-state index in [1.807, 2.05) is 31.3 Å². The lowest BCUT2D eigenvalue weighted by atomic mass is 10.1. The Labute approximate surface area is 153 Å². The first kappa shape index (κ1) is 21.0. The molecule has 1 aromatic heterocycles. The largest absolute Gasteiger partial charge is 0.480 e. The molecule has 7 heteroatoms. The van der Waals surface area contributed by atoms with Gasteiger partial charge in [0.15, 0.2) is 0 Å². The quantitative estimate of drug-likeness (QED) is 0.547. The highest BCUT2D eigenvalue weighted by atomic mass is 35.5. The summed E-state index contributed by atoms with van der Waals surface area (Å²) in [5.41, 5.74) is 2.23. The Balaban J connectivity index is 0.00000312. The zero-order valence-electron chi connectivity index (χ0n) is 14.5. The Kier molecular flexibility index (Phi) is 8.45. The maximum atomic E-state index is 12.1. The van der Waals surface area contributed by atoms with Gasteiger partial charge in [0.05, 0.1) is 6.04 Å². The molecule has 0 aliphatic carbocycles. The monoisotopic (exact) mass is 367 g/mol. The summed E-state index contributed by atoms with van der Waals surface area (Å²) in [4.78, 5) is 26.5. The number of nitrogens with one attached hydrogen (secondary N) is 3. The zero-order chi connectivity index (χ0) is 17.5. The molecular weight excluding hydrogens is 342 g/mol. The van der Waals surface area contributed by atoms with Gasteiger partial charge in [-0.3, -0.25) is 14.9 Å². The third kappa shape index (κ3) is 5.76. The summed E-state index contributed by atoms with van der Waals surface area (Å²) in [6, 6.07) is 6.81. The van der Waals surface area contributed by atoms with Gasteiger partial charge in [0.25, 0.3) is 0 Å². The van der Waals surface area contributed by atoms with Crippen molar-refractivity contribution in [1.29, 1.82) is 0 Å². The molecule has 6 nitrogen and oxygen atoms in total. The van der Waals surface area contributed by atoms with Crippen molar-refractivity contribution in [3.8, 4) is 0 Å². The van der Waals surface area contributed by atoms with E-state index < -0.39 is 18.1 Å². The lowest BCUT2D eigenvalue weighted by Crippen LogP contribution is -2.49. The van der Waals surface area contributed by atoms with Gasteiger partial charge in [-0.2, -0.15) is 0 Å². The molecule has 0 aliphatic rings. The van der Waals surface area contributed by atoms with E-state index in [-0.39, 0.29) is 18.3 Å². The van der Waals surface area contributed by atoms with Crippen molar-refractivity contribution in [2.45, 2.75) is 45.2 Å². The number of hydrogen-bond donors (Lipinski definition) is 4. The maximum absolute atomic E-state index is 12.1. The number of amides is 1. The van der Waals surface area contributed by atoms with E-state index in [1.165, 1.54) is 0 Å². The van der Waals surface area contributed by atoms with Gasteiger partial charge < -0.3 is 15.4 Å². The van der Waals surface area contributed by atoms with Crippen LogP contribution >= 0.6 is 12.4 Å². The number of aromatic nitrogens is 1. The highest BCUT2D eigenvalue weighted by Crippen LogP contribution is 2.17. The van der Waals surface area contributed by atoms with Crippen LogP contribution in [0.2, 0.25) is 0 Å². The Morgan fingerprint density at radius 2 is 2.00 bits per heavy atom. The molecule has 2 aromatic rings. The number of rotatable bonds is 9. The summed E-state index contributed by atoms with van der Waals surface area (Å²) in [5.74, 6) is -1.10. The van der Waals surface area contributed by atoms with Gasteiger partial charge in [-0.15, -0.1) is 12.4 Å². The summed E-state index contributed by atoms with van der Waals surface area (Å²) >= 11 is 0. The number of fused-ring (bicyclic) bond motifs is 1. The molecule has 0 aliphatic heterocycles.